The topological polar surface area (TPSA) is 67.1 Å². The standard InChI is InChI=1S/C20H22Cl2N6.HI/c1-3-23-20(27-13-16-5-6-17(21)10-18(16)22)26-12-15-4-7-19(25-11-15)28-9-8-24-14(28)2;/h4-11H,3,12-13H2,1-2H3,(H2,23,26,27);1H. The van der Waals surface area contributed by atoms with Gasteiger partial charge in [-0.1, -0.05) is 35.3 Å². The second-order valence-electron chi connectivity index (χ2n) is 6.15. The van der Waals surface area contributed by atoms with Crippen molar-refractivity contribution in [2.45, 2.75) is 26.9 Å². The first-order chi connectivity index (χ1) is 13.6. The summed E-state index contributed by atoms with van der Waals surface area (Å²) in [6.07, 6.45) is 5.49. The van der Waals surface area contributed by atoms with Crippen molar-refractivity contribution >= 4 is 53.1 Å². The van der Waals surface area contributed by atoms with Gasteiger partial charge in [-0.3, -0.25) is 4.57 Å². The van der Waals surface area contributed by atoms with Gasteiger partial charge in [0.1, 0.15) is 11.6 Å². The van der Waals surface area contributed by atoms with Crippen molar-refractivity contribution in [2.75, 3.05) is 6.54 Å². The summed E-state index contributed by atoms with van der Waals surface area (Å²) in [4.78, 5) is 13.3. The highest BCUT2D eigenvalue weighted by atomic mass is 127. The molecule has 3 aromatic rings. The molecule has 0 radical (unpaired) electrons. The number of guanidine groups is 1. The first kappa shape index (κ1) is 23.4. The number of aliphatic imine (C=N–C) groups is 1. The molecule has 29 heavy (non-hydrogen) atoms. The first-order valence-corrected chi connectivity index (χ1v) is 9.73. The third-order valence-corrected chi connectivity index (χ3v) is 4.69. The lowest BCUT2D eigenvalue weighted by atomic mass is 10.2. The summed E-state index contributed by atoms with van der Waals surface area (Å²) in [6.45, 7) is 5.80. The van der Waals surface area contributed by atoms with Crippen LogP contribution in [-0.4, -0.2) is 27.0 Å². The predicted molar refractivity (Wildman–Crippen MR) is 130 cm³/mol. The highest BCUT2D eigenvalue weighted by Crippen LogP contribution is 2.20. The van der Waals surface area contributed by atoms with Gasteiger partial charge in [0.15, 0.2) is 5.96 Å². The van der Waals surface area contributed by atoms with Gasteiger partial charge in [-0.15, -0.1) is 24.0 Å². The summed E-state index contributed by atoms with van der Waals surface area (Å²) in [6, 6.07) is 9.45. The van der Waals surface area contributed by atoms with E-state index in [-0.39, 0.29) is 24.0 Å². The molecule has 0 aliphatic heterocycles. The third kappa shape index (κ3) is 6.58. The Kier molecular flexibility index (Phi) is 9.19. The van der Waals surface area contributed by atoms with Crippen LogP contribution in [0.15, 0.2) is 53.9 Å². The van der Waals surface area contributed by atoms with Gasteiger partial charge in [0.05, 0.1) is 6.54 Å². The van der Waals surface area contributed by atoms with Crippen molar-refractivity contribution in [3.8, 4) is 5.82 Å². The Morgan fingerprint density at radius 3 is 2.59 bits per heavy atom. The summed E-state index contributed by atoms with van der Waals surface area (Å²) in [5.41, 5.74) is 1.97. The van der Waals surface area contributed by atoms with E-state index in [0.717, 1.165) is 29.3 Å². The molecule has 0 atom stereocenters. The predicted octanol–water partition coefficient (Wildman–Crippen LogP) is 4.76. The molecule has 0 bridgehead atoms. The minimum atomic E-state index is 0. The van der Waals surface area contributed by atoms with Crippen molar-refractivity contribution in [3.63, 3.8) is 0 Å². The monoisotopic (exact) mass is 544 g/mol. The van der Waals surface area contributed by atoms with Crippen LogP contribution in [0.5, 0.6) is 0 Å². The summed E-state index contributed by atoms with van der Waals surface area (Å²) < 4.78 is 1.94. The minimum absolute atomic E-state index is 0. The number of nitrogens with zero attached hydrogens (tertiary/aromatic N) is 4. The van der Waals surface area contributed by atoms with Gasteiger partial charge in [-0.2, -0.15) is 0 Å². The Labute approximate surface area is 197 Å². The fraction of sp³-hybridized carbons (Fsp3) is 0.250. The number of halogens is 3. The second kappa shape index (κ2) is 11.4. The maximum Gasteiger partial charge on any atom is 0.191 e. The first-order valence-electron chi connectivity index (χ1n) is 8.98. The van der Waals surface area contributed by atoms with Crippen molar-refractivity contribution in [1.29, 1.82) is 0 Å². The smallest absolute Gasteiger partial charge is 0.191 e. The number of hydrogen-bond acceptors (Lipinski definition) is 3. The lowest BCUT2D eigenvalue weighted by Gasteiger charge is -2.12. The Morgan fingerprint density at radius 2 is 1.97 bits per heavy atom. The summed E-state index contributed by atoms with van der Waals surface area (Å²) >= 11 is 12.2. The van der Waals surface area contributed by atoms with Gasteiger partial charge in [-0.05, 0) is 43.2 Å². The molecule has 0 aliphatic rings. The van der Waals surface area contributed by atoms with Crippen LogP contribution in [0.4, 0.5) is 0 Å². The molecule has 2 heterocycles. The Morgan fingerprint density at radius 1 is 1.14 bits per heavy atom. The van der Waals surface area contributed by atoms with Gasteiger partial charge in [0, 0.05) is 41.7 Å². The summed E-state index contributed by atoms with van der Waals surface area (Å²) in [7, 11) is 0. The number of aryl methyl sites for hydroxylation is 1. The molecule has 9 heteroatoms. The molecule has 3 rings (SSSR count). The minimum Gasteiger partial charge on any atom is -0.357 e. The molecule has 0 fully saturated rings. The molecule has 2 aromatic heterocycles. The van der Waals surface area contributed by atoms with Gasteiger partial charge in [0.25, 0.3) is 0 Å². The average molecular weight is 545 g/mol. The van der Waals surface area contributed by atoms with Crippen molar-refractivity contribution in [3.05, 3.63) is 75.9 Å². The molecule has 0 saturated heterocycles. The zero-order chi connectivity index (χ0) is 19.9. The van der Waals surface area contributed by atoms with Gasteiger partial charge in [-0.25, -0.2) is 15.0 Å². The molecule has 0 amide bonds. The Bertz CT molecular complexity index is 956. The van der Waals surface area contributed by atoms with Gasteiger partial charge >= 0.3 is 0 Å². The van der Waals surface area contributed by atoms with Crippen LogP contribution in [0.25, 0.3) is 5.82 Å². The molecular weight excluding hydrogens is 522 g/mol. The molecule has 2 N–H and O–H groups in total. The van der Waals surface area contributed by atoms with E-state index in [1.165, 1.54) is 0 Å². The Balaban J connectivity index is 0.00000300. The normalized spacial score (nSPS) is 11.1. The number of imidazole rings is 1. The quantitative estimate of drug-likeness (QED) is 0.267. The number of nitrogens with one attached hydrogen (secondary N) is 2. The lowest BCUT2D eigenvalue weighted by Crippen LogP contribution is -2.36. The van der Waals surface area contributed by atoms with E-state index in [4.69, 9.17) is 23.2 Å². The van der Waals surface area contributed by atoms with Gasteiger partial charge < -0.3 is 10.6 Å². The van der Waals surface area contributed by atoms with E-state index in [1.807, 2.05) is 55.1 Å². The number of benzene rings is 1. The zero-order valence-corrected chi connectivity index (χ0v) is 20.0. The number of rotatable bonds is 6. The Hall–Kier alpha value is -1.84. The van der Waals surface area contributed by atoms with Crippen LogP contribution < -0.4 is 10.6 Å². The SMILES string of the molecule is CCNC(=NCc1ccc(-n2ccnc2C)nc1)NCc1ccc(Cl)cc1Cl.I. The highest BCUT2D eigenvalue weighted by molar-refractivity contribution is 14.0. The molecule has 0 aliphatic carbocycles. The van der Waals surface area contributed by atoms with E-state index in [9.17, 15) is 0 Å². The van der Waals surface area contributed by atoms with E-state index in [2.05, 4.69) is 25.6 Å². The third-order valence-electron chi connectivity index (χ3n) is 4.11. The van der Waals surface area contributed by atoms with Crippen molar-refractivity contribution in [1.82, 2.24) is 25.2 Å². The molecule has 0 saturated carbocycles. The van der Waals surface area contributed by atoms with Crippen LogP contribution >= 0.6 is 47.2 Å². The average Bonchev–Trinajstić information content (AvgIpc) is 3.11. The second-order valence-corrected chi connectivity index (χ2v) is 7.00. The molecule has 0 unspecified atom stereocenters. The van der Waals surface area contributed by atoms with E-state index in [1.54, 1.807) is 12.3 Å². The number of hydrogen-bond donors (Lipinski definition) is 2. The van der Waals surface area contributed by atoms with Gasteiger partial charge in [0.2, 0.25) is 0 Å². The zero-order valence-electron chi connectivity index (χ0n) is 16.2. The van der Waals surface area contributed by atoms with E-state index >= 15 is 0 Å². The van der Waals surface area contributed by atoms with Crippen LogP contribution in [0.1, 0.15) is 23.9 Å². The highest BCUT2D eigenvalue weighted by Gasteiger charge is 2.05. The molecule has 0 spiro atoms. The fourth-order valence-electron chi connectivity index (χ4n) is 2.63. The van der Waals surface area contributed by atoms with Crippen LogP contribution in [-0.2, 0) is 13.1 Å². The fourth-order valence-corrected chi connectivity index (χ4v) is 3.10. The van der Waals surface area contributed by atoms with E-state index in [0.29, 0.717) is 29.1 Å². The molecule has 1 aromatic carbocycles. The number of pyridine rings is 1. The molecule has 6 nitrogen and oxygen atoms in total. The van der Waals surface area contributed by atoms with Crippen molar-refractivity contribution < 1.29 is 0 Å². The maximum absolute atomic E-state index is 6.23. The van der Waals surface area contributed by atoms with Crippen LogP contribution in [0.2, 0.25) is 10.0 Å². The van der Waals surface area contributed by atoms with E-state index < -0.39 is 0 Å². The largest absolute Gasteiger partial charge is 0.357 e. The maximum atomic E-state index is 6.23. The molecule has 154 valence electrons. The molecular formula is C20H23Cl2IN6. The van der Waals surface area contributed by atoms with Crippen LogP contribution in [0.3, 0.4) is 0 Å². The number of aromatic nitrogens is 3. The summed E-state index contributed by atoms with van der Waals surface area (Å²) in [5.74, 6) is 2.45. The lowest BCUT2D eigenvalue weighted by molar-refractivity contribution is 0.815. The summed E-state index contributed by atoms with van der Waals surface area (Å²) in [5, 5.41) is 7.77. The van der Waals surface area contributed by atoms with Crippen molar-refractivity contribution in [2.24, 2.45) is 4.99 Å². The van der Waals surface area contributed by atoms with Crippen LogP contribution in [0, 0.1) is 6.92 Å².